The zero-order valence-corrected chi connectivity index (χ0v) is 14.1. The van der Waals surface area contributed by atoms with Gasteiger partial charge in [0.25, 0.3) is 0 Å². The SMILES string of the molecule is Cc1cc(C(=O)COC(=O)/C=C/c2ccc(Cl)cc2)c(C)n1C. The number of rotatable bonds is 5. The summed E-state index contributed by atoms with van der Waals surface area (Å²) in [5.74, 6) is -0.766. The number of ether oxygens (including phenoxy) is 1. The maximum Gasteiger partial charge on any atom is 0.331 e. The van der Waals surface area contributed by atoms with Crippen LogP contribution >= 0.6 is 11.6 Å². The summed E-state index contributed by atoms with van der Waals surface area (Å²) in [7, 11) is 1.89. The van der Waals surface area contributed by atoms with E-state index in [9.17, 15) is 9.59 Å². The van der Waals surface area contributed by atoms with Gasteiger partial charge in [0.15, 0.2) is 6.61 Å². The number of Topliss-reactive ketones (excluding diaryl/α,β-unsaturated/α-hetero) is 1. The molecule has 0 unspecified atom stereocenters. The zero-order chi connectivity index (χ0) is 17.0. The van der Waals surface area contributed by atoms with Crippen LogP contribution in [0, 0.1) is 13.8 Å². The third kappa shape index (κ3) is 4.33. The minimum atomic E-state index is -0.557. The van der Waals surface area contributed by atoms with Crippen LogP contribution in [0.15, 0.2) is 36.4 Å². The molecule has 2 aromatic rings. The van der Waals surface area contributed by atoms with Crippen molar-refractivity contribution in [3.8, 4) is 0 Å². The molecule has 0 radical (unpaired) electrons. The average Bonchev–Trinajstić information content (AvgIpc) is 2.79. The second-order valence-electron chi connectivity index (χ2n) is 5.26. The van der Waals surface area contributed by atoms with Crippen molar-refractivity contribution in [2.75, 3.05) is 6.61 Å². The van der Waals surface area contributed by atoms with Gasteiger partial charge in [-0.25, -0.2) is 4.79 Å². The van der Waals surface area contributed by atoms with Crippen LogP contribution in [0.1, 0.15) is 27.3 Å². The van der Waals surface area contributed by atoms with Crippen LogP contribution in [0.2, 0.25) is 5.02 Å². The Labute approximate surface area is 140 Å². The van der Waals surface area contributed by atoms with Gasteiger partial charge in [0, 0.05) is 35.1 Å². The van der Waals surface area contributed by atoms with Gasteiger partial charge in [0.1, 0.15) is 0 Å². The van der Waals surface area contributed by atoms with Gasteiger partial charge in [-0.3, -0.25) is 4.79 Å². The van der Waals surface area contributed by atoms with E-state index in [0.717, 1.165) is 17.0 Å². The van der Waals surface area contributed by atoms with Crippen LogP contribution in [-0.2, 0) is 16.6 Å². The Morgan fingerprint density at radius 2 is 1.87 bits per heavy atom. The molecule has 0 aliphatic carbocycles. The Morgan fingerprint density at radius 3 is 2.43 bits per heavy atom. The van der Waals surface area contributed by atoms with Crippen molar-refractivity contribution in [3.05, 3.63) is 63.9 Å². The molecule has 1 aromatic heterocycles. The van der Waals surface area contributed by atoms with E-state index in [4.69, 9.17) is 16.3 Å². The van der Waals surface area contributed by atoms with Crippen LogP contribution in [0.25, 0.3) is 6.08 Å². The molecule has 0 N–H and O–H groups in total. The molecule has 0 fully saturated rings. The molecule has 0 aliphatic rings. The molecule has 120 valence electrons. The first kappa shape index (κ1) is 17.0. The maximum absolute atomic E-state index is 12.1. The minimum absolute atomic E-state index is 0.209. The third-order valence-electron chi connectivity index (χ3n) is 3.70. The summed E-state index contributed by atoms with van der Waals surface area (Å²) in [5, 5.41) is 0.629. The standard InChI is InChI=1S/C18H18ClNO3/c1-12-10-16(13(2)20(12)3)17(21)11-23-18(22)9-6-14-4-7-15(19)8-5-14/h4-10H,11H2,1-3H3/b9-6+. The number of esters is 1. The van der Waals surface area contributed by atoms with Crippen LogP contribution in [0.4, 0.5) is 0 Å². The van der Waals surface area contributed by atoms with Crippen LogP contribution in [-0.4, -0.2) is 22.9 Å². The molecule has 0 aliphatic heterocycles. The second-order valence-corrected chi connectivity index (χ2v) is 5.70. The van der Waals surface area contributed by atoms with Gasteiger partial charge in [-0.2, -0.15) is 0 Å². The van der Waals surface area contributed by atoms with Crippen molar-refractivity contribution in [2.24, 2.45) is 7.05 Å². The number of carbonyl (C=O) groups is 2. The van der Waals surface area contributed by atoms with E-state index in [-0.39, 0.29) is 12.4 Å². The second kappa shape index (κ2) is 7.29. The third-order valence-corrected chi connectivity index (χ3v) is 3.95. The molecule has 5 heteroatoms. The number of carbonyl (C=O) groups excluding carboxylic acids is 2. The lowest BCUT2D eigenvalue weighted by Gasteiger charge is -2.03. The summed E-state index contributed by atoms with van der Waals surface area (Å²) in [6.45, 7) is 3.52. The van der Waals surface area contributed by atoms with E-state index < -0.39 is 5.97 Å². The van der Waals surface area contributed by atoms with Crippen molar-refractivity contribution in [3.63, 3.8) is 0 Å². The lowest BCUT2D eigenvalue weighted by atomic mass is 10.1. The number of hydrogen-bond acceptors (Lipinski definition) is 3. The van der Waals surface area contributed by atoms with Crippen LogP contribution in [0.5, 0.6) is 0 Å². The number of benzene rings is 1. The summed E-state index contributed by atoms with van der Waals surface area (Å²) >= 11 is 5.79. The minimum Gasteiger partial charge on any atom is -0.454 e. The number of ketones is 1. The van der Waals surface area contributed by atoms with Gasteiger partial charge in [-0.1, -0.05) is 23.7 Å². The fraction of sp³-hybridized carbons (Fsp3) is 0.222. The van der Waals surface area contributed by atoms with Crippen molar-refractivity contribution in [1.82, 2.24) is 4.57 Å². The Hall–Kier alpha value is -2.33. The van der Waals surface area contributed by atoms with Crippen LogP contribution < -0.4 is 0 Å². The predicted molar refractivity (Wildman–Crippen MR) is 90.7 cm³/mol. The van der Waals surface area contributed by atoms with Gasteiger partial charge in [-0.15, -0.1) is 0 Å². The molecule has 0 bridgehead atoms. The fourth-order valence-electron chi connectivity index (χ4n) is 2.14. The highest BCUT2D eigenvalue weighted by molar-refractivity contribution is 6.30. The van der Waals surface area contributed by atoms with Gasteiger partial charge in [-0.05, 0) is 43.7 Å². The molecule has 0 atom stereocenters. The van der Waals surface area contributed by atoms with E-state index in [1.807, 2.05) is 25.5 Å². The van der Waals surface area contributed by atoms with Gasteiger partial charge in [0.2, 0.25) is 5.78 Å². The summed E-state index contributed by atoms with van der Waals surface area (Å²) in [4.78, 5) is 23.8. The molecule has 1 aromatic carbocycles. The molecule has 1 heterocycles. The molecule has 0 saturated heterocycles. The van der Waals surface area contributed by atoms with Crippen molar-refractivity contribution >= 4 is 29.4 Å². The predicted octanol–water partition coefficient (Wildman–Crippen LogP) is 3.73. The zero-order valence-electron chi connectivity index (χ0n) is 13.3. The molecule has 0 saturated carbocycles. The number of nitrogens with zero attached hydrogens (tertiary/aromatic N) is 1. The molecular weight excluding hydrogens is 314 g/mol. The first-order valence-corrected chi connectivity index (χ1v) is 7.53. The first-order valence-electron chi connectivity index (χ1n) is 7.15. The van der Waals surface area contributed by atoms with E-state index in [0.29, 0.717) is 10.6 Å². The number of hydrogen-bond donors (Lipinski definition) is 0. The van der Waals surface area contributed by atoms with Gasteiger partial charge < -0.3 is 9.30 Å². The highest BCUT2D eigenvalue weighted by Gasteiger charge is 2.15. The fourth-order valence-corrected chi connectivity index (χ4v) is 2.26. The summed E-state index contributed by atoms with van der Waals surface area (Å²) in [5.41, 5.74) is 3.26. The molecule has 23 heavy (non-hydrogen) atoms. The van der Waals surface area contributed by atoms with Gasteiger partial charge >= 0.3 is 5.97 Å². The molecular formula is C18H18ClNO3. The van der Waals surface area contributed by atoms with E-state index in [2.05, 4.69) is 0 Å². The smallest absolute Gasteiger partial charge is 0.331 e. The average molecular weight is 332 g/mol. The van der Waals surface area contributed by atoms with E-state index in [1.54, 1.807) is 36.4 Å². The molecule has 4 nitrogen and oxygen atoms in total. The summed E-state index contributed by atoms with van der Waals surface area (Å²) < 4.78 is 6.92. The first-order chi connectivity index (χ1) is 10.9. The Morgan fingerprint density at radius 1 is 1.22 bits per heavy atom. The maximum atomic E-state index is 12.1. The highest BCUT2D eigenvalue weighted by Crippen LogP contribution is 2.14. The molecule has 0 amide bonds. The monoisotopic (exact) mass is 331 g/mol. The topological polar surface area (TPSA) is 48.3 Å². The van der Waals surface area contributed by atoms with Crippen LogP contribution in [0.3, 0.4) is 0 Å². The largest absolute Gasteiger partial charge is 0.454 e. The Balaban J connectivity index is 1.92. The Bertz CT molecular complexity index is 757. The summed E-state index contributed by atoms with van der Waals surface area (Å²) in [6, 6.07) is 8.84. The quantitative estimate of drug-likeness (QED) is 0.476. The summed E-state index contributed by atoms with van der Waals surface area (Å²) in [6.07, 6.45) is 2.90. The lowest BCUT2D eigenvalue weighted by Crippen LogP contribution is -2.13. The number of halogens is 1. The number of aryl methyl sites for hydroxylation is 1. The van der Waals surface area contributed by atoms with E-state index >= 15 is 0 Å². The van der Waals surface area contributed by atoms with Crippen molar-refractivity contribution in [1.29, 1.82) is 0 Å². The molecule has 2 rings (SSSR count). The highest BCUT2D eigenvalue weighted by atomic mass is 35.5. The van der Waals surface area contributed by atoms with E-state index in [1.165, 1.54) is 6.08 Å². The van der Waals surface area contributed by atoms with Crippen molar-refractivity contribution in [2.45, 2.75) is 13.8 Å². The Kier molecular flexibility index (Phi) is 5.40. The lowest BCUT2D eigenvalue weighted by molar-refractivity contribution is -0.136. The van der Waals surface area contributed by atoms with Gasteiger partial charge in [0.05, 0.1) is 0 Å². The molecule has 0 spiro atoms. The number of aromatic nitrogens is 1. The van der Waals surface area contributed by atoms with Crippen molar-refractivity contribution < 1.29 is 14.3 Å². The normalized spacial score (nSPS) is 11.0.